The van der Waals surface area contributed by atoms with Crippen molar-refractivity contribution in [1.82, 2.24) is 15.0 Å². The molecule has 150 valence electrons. The monoisotopic (exact) mass is 454 g/mol. The lowest BCUT2D eigenvalue weighted by Crippen LogP contribution is -2.12. The first-order chi connectivity index (χ1) is 14.5. The van der Waals surface area contributed by atoms with Gasteiger partial charge in [-0.05, 0) is 54.4 Å². The van der Waals surface area contributed by atoms with E-state index >= 15 is 0 Å². The summed E-state index contributed by atoms with van der Waals surface area (Å²) in [5, 5.41) is 6.26. The molecule has 0 saturated heterocycles. The molecule has 3 aromatic heterocycles. The number of nitrogens with one attached hydrogen (secondary N) is 1. The lowest BCUT2D eigenvalue weighted by atomic mass is 10.0. The molecular weight excluding hydrogens is 439 g/mol. The molecule has 0 unspecified atom stereocenters. The predicted molar refractivity (Wildman–Crippen MR) is 122 cm³/mol. The maximum Gasteiger partial charge on any atom is 0.255 e. The number of carbonyl (C=O) groups is 1. The second-order valence-corrected chi connectivity index (χ2v) is 8.36. The van der Waals surface area contributed by atoms with E-state index < -0.39 is 0 Å². The Morgan fingerprint density at radius 3 is 2.63 bits per heavy atom. The number of halogens is 2. The van der Waals surface area contributed by atoms with E-state index in [0.29, 0.717) is 17.7 Å². The van der Waals surface area contributed by atoms with Gasteiger partial charge in [0.15, 0.2) is 0 Å². The zero-order chi connectivity index (χ0) is 21.1. The maximum absolute atomic E-state index is 12.6. The van der Waals surface area contributed by atoms with Gasteiger partial charge in [-0.25, -0.2) is 9.97 Å². The third-order valence-electron chi connectivity index (χ3n) is 4.48. The molecule has 0 atom stereocenters. The Labute approximate surface area is 187 Å². The fraction of sp³-hybridized carbons (Fsp3) is 0.0909. The van der Waals surface area contributed by atoms with Gasteiger partial charge in [0.2, 0.25) is 0 Å². The van der Waals surface area contributed by atoms with E-state index in [9.17, 15) is 4.79 Å². The van der Waals surface area contributed by atoms with Crippen LogP contribution in [0.1, 0.15) is 26.5 Å². The van der Waals surface area contributed by atoms with Crippen LogP contribution in [0.25, 0.3) is 11.3 Å². The van der Waals surface area contributed by atoms with Gasteiger partial charge in [-0.2, -0.15) is 0 Å². The number of nitrogens with zero attached hydrogens (tertiary/aromatic N) is 3. The van der Waals surface area contributed by atoms with Crippen LogP contribution in [0.4, 0.5) is 5.69 Å². The molecule has 1 amide bonds. The number of hydrogen-bond donors (Lipinski definition) is 1. The number of rotatable bonds is 5. The molecule has 0 aliphatic carbocycles. The third kappa shape index (κ3) is 4.84. The second kappa shape index (κ2) is 8.92. The fourth-order valence-electron chi connectivity index (χ4n) is 2.94. The van der Waals surface area contributed by atoms with Crippen molar-refractivity contribution in [3.63, 3.8) is 0 Å². The van der Waals surface area contributed by atoms with Gasteiger partial charge in [-0.1, -0.05) is 29.3 Å². The molecule has 1 aromatic carbocycles. The Bertz CT molecular complexity index is 1190. The highest BCUT2D eigenvalue weighted by molar-refractivity contribution is 7.10. The van der Waals surface area contributed by atoms with Gasteiger partial charge in [0, 0.05) is 41.0 Å². The molecule has 0 aliphatic heterocycles. The van der Waals surface area contributed by atoms with E-state index in [0.717, 1.165) is 27.4 Å². The highest BCUT2D eigenvalue weighted by atomic mass is 35.5. The van der Waals surface area contributed by atoms with Crippen LogP contribution in [0.2, 0.25) is 10.3 Å². The summed E-state index contributed by atoms with van der Waals surface area (Å²) >= 11 is 13.4. The van der Waals surface area contributed by atoms with E-state index in [1.165, 1.54) is 12.1 Å². The molecular formula is C22H16Cl2N4OS. The molecule has 4 aromatic rings. The van der Waals surface area contributed by atoms with Crippen LogP contribution in [-0.2, 0) is 6.42 Å². The van der Waals surface area contributed by atoms with Crippen LogP contribution in [0, 0.1) is 6.92 Å². The molecule has 0 fully saturated rings. The molecule has 0 bridgehead atoms. The first-order valence-electron chi connectivity index (χ1n) is 9.07. The van der Waals surface area contributed by atoms with Crippen LogP contribution in [-0.4, -0.2) is 20.9 Å². The van der Waals surface area contributed by atoms with E-state index in [2.05, 4.69) is 15.3 Å². The van der Waals surface area contributed by atoms with Crippen LogP contribution in [0.5, 0.6) is 0 Å². The summed E-state index contributed by atoms with van der Waals surface area (Å²) in [4.78, 5) is 25.3. The molecule has 5 nitrogen and oxygen atoms in total. The van der Waals surface area contributed by atoms with Crippen LogP contribution in [0.3, 0.4) is 0 Å². The maximum atomic E-state index is 12.6. The predicted octanol–water partition coefficient (Wildman–Crippen LogP) is 6.06. The molecule has 8 heteroatoms. The minimum Gasteiger partial charge on any atom is -0.322 e. The van der Waals surface area contributed by atoms with Gasteiger partial charge >= 0.3 is 0 Å². The van der Waals surface area contributed by atoms with Gasteiger partial charge in [-0.3, -0.25) is 9.78 Å². The van der Waals surface area contributed by atoms with Crippen molar-refractivity contribution in [2.45, 2.75) is 13.3 Å². The summed E-state index contributed by atoms with van der Waals surface area (Å²) in [6, 6.07) is 12.7. The zero-order valence-corrected chi connectivity index (χ0v) is 18.2. The number of pyridine rings is 2. The van der Waals surface area contributed by atoms with Crippen molar-refractivity contribution >= 4 is 46.1 Å². The molecule has 0 saturated carbocycles. The highest BCUT2D eigenvalue weighted by Gasteiger charge is 2.12. The smallest absolute Gasteiger partial charge is 0.255 e. The Kier molecular flexibility index (Phi) is 6.08. The number of aryl methyl sites for hydroxylation is 1. The lowest BCUT2D eigenvalue weighted by molar-refractivity contribution is 0.102. The summed E-state index contributed by atoms with van der Waals surface area (Å²) in [6.07, 6.45) is 4.22. The fourth-order valence-corrected chi connectivity index (χ4v) is 4.23. The molecule has 1 N–H and O–H groups in total. The minimum absolute atomic E-state index is 0.172. The van der Waals surface area contributed by atoms with Gasteiger partial charge in [0.1, 0.15) is 10.3 Å². The zero-order valence-electron chi connectivity index (χ0n) is 15.9. The van der Waals surface area contributed by atoms with Gasteiger partial charge < -0.3 is 5.32 Å². The summed E-state index contributed by atoms with van der Waals surface area (Å²) in [5.74, 6) is -0.302. The standard InChI is InChI=1S/C22H16Cl2N4OS/c1-13-4-5-17(26-22(29)16-8-19(23)28-20(24)9-16)7-15(13)10-21-27-18(12-30-21)14-3-2-6-25-11-14/h2-9,11-12H,10H2,1H3,(H,26,29). The average molecular weight is 455 g/mol. The summed E-state index contributed by atoms with van der Waals surface area (Å²) in [6.45, 7) is 2.04. The van der Waals surface area contributed by atoms with Gasteiger partial charge in [-0.15, -0.1) is 11.3 Å². The van der Waals surface area contributed by atoms with Gasteiger partial charge in [0.05, 0.1) is 10.7 Å². The number of anilines is 1. The van der Waals surface area contributed by atoms with Crippen molar-refractivity contribution in [1.29, 1.82) is 0 Å². The van der Waals surface area contributed by atoms with E-state index in [-0.39, 0.29) is 16.2 Å². The third-order valence-corrected chi connectivity index (χ3v) is 5.72. The van der Waals surface area contributed by atoms with Crippen LogP contribution >= 0.6 is 34.5 Å². The Balaban J connectivity index is 1.52. The van der Waals surface area contributed by atoms with Crippen molar-refractivity contribution < 1.29 is 4.79 Å². The average Bonchev–Trinajstić information content (AvgIpc) is 3.19. The first kappa shape index (κ1) is 20.5. The van der Waals surface area contributed by atoms with Crippen LogP contribution < -0.4 is 5.32 Å². The molecule has 0 aliphatic rings. The summed E-state index contributed by atoms with van der Waals surface area (Å²) < 4.78 is 0. The molecule has 0 spiro atoms. The van der Waals surface area contributed by atoms with Gasteiger partial charge in [0.25, 0.3) is 5.91 Å². The number of amides is 1. The number of thiazole rings is 1. The Morgan fingerprint density at radius 2 is 1.90 bits per heavy atom. The molecule has 3 heterocycles. The topological polar surface area (TPSA) is 67.8 Å². The highest BCUT2D eigenvalue weighted by Crippen LogP contribution is 2.25. The van der Waals surface area contributed by atoms with Crippen molar-refractivity contribution in [2.75, 3.05) is 5.32 Å². The number of hydrogen-bond acceptors (Lipinski definition) is 5. The molecule has 4 rings (SSSR count). The first-order valence-corrected chi connectivity index (χ1v) is 10.7. The van der Waals surface area contributed by atoms with E-state index in [1.807, 2.05) is 42.6 Å². The number of benzene rings is 1. The number of aromatic nitrogens is 3. The second-order valence-electron chi connectivity index (χ2n) is 6.64. The summed E-state index contributed by atoms with van der Waals surface area (Å²) in [5.41, 5.74) is 5.16. The minimum atomic E-state index is -0.302. The molecule has 0 radical (unpaired) electrons. The van der Waals surface area contributed by atoms with Crippen molar-refractivity contribution in [3.05, 3.63) is 92.2 Å². The SMILES string of the molecule is Cc1ccc(NC(=O)c2cc(Cl)nc(Cl)c2)cc1Cc1nc(-c2cccnc2)cs1. The lowest BCUT2D eigenvalue weighted by Gasteiger charge is -2.10. The van der Waals surface area contributed by atoms with Crippen LogP contribution in [0.15, 0.2) is 60.2 Å². The van der Waals surface area contributed by atoms with E-state index in [1.54, 1.807) is 23.7 Å². The Morgan fingerprint density at radius 1 is 1.10 bits per heavy atom. The summed E-state index contributed by atoms with van der Waals surface area (Å²) in [7, 11) is 0. The van der Waals surface area contributed by atoms with E-state index in [4.69, 9.17) is 28.2 Å². The van der Waals surface area contributed by atoms with Crippen molar-refractivity contribution in [2.24, 2.45) is 0 Å². The van der Waals surface area contributed by atoms with Crippen molar-refractivity contribution in [3.8, 4) is 11.3 Å². The molecule has 30 heavy (non-hydrogen) atoms. The largest absolute Gasteiger partial charge is 0.322 e. The number of carbonyl (C=O) groups excluding carboxylic acids is 1. The quantitative estimate of drug-likeness (QED) is 0.372. The normalized spacial score (nSPS) is 10.8. The Hall–Kier alpha value is -2.80.